The summed E-state index contributed by atoms with van der Waals surface area (Å²) in [4.78, 5) is 16.2. The molecule has 1 aromatic carbocycles. The minimum absolute atomic E-state index is 0.0540. The fourth-order valence-corrected chi connectivity index (χ4v) is 1.82. The smallest absolute Gasteiger partial charge is 0.180 e. The molecule has 0 aliphatic heterocycles. The number of ketones is 1. The molecule has 1 aromatic heterocycles. The fourth-order valence-electron chi connectivity index (χ4n) is 1.82. The number of rotatable bonds is 4. The summed E-state index contributed by atoms with van der Waals surface area (Å²) in [5.41, 5.74) is 6.47. The van der Waals surface area contributed by atoms with Gasteiger partial charge in [-0.2, -0.15) is 0 Å². The maximum atomic E-state index is 12.2. The average Bonchev–Trinajstić information content (AvgIpc) is 2.37. The highest BCUT2D eigenvalue weighted by atomic mass is 16.1. The van der Waals surface area contributed by atoms with Crippen LogP contribution in [0.15, 0.2) is 49.3 Å². The highest BCUT2D eigenvalue weighted by Crippen LogP contribution is 2.19. The maximum Gasteiger partial charge on any atom is 0.180 e. The number of aromatic nitrogens is 1. The summed E-state index contributed by atoms with van der Waals surface area (Å²) in [6.07, 6.45) is 5.57. The molecule has 0 radical (unpaired) electrons. The molecule has 1 atom stereocenters. The minimum Gasteiger partial charge on any atom is -0.321 e. The van der Waals surface area contributed by atoms with E-state index in [9.17, 15) is 4.79 Å². The quantitative estimate of drug-likeness (QED) is 0.643. The van der Waals surface area contributed by atoms with E-state index in [4.69, 9.17) is 5.73 Å². The monoisotopic (exact) mass is 226 g/mol. The van der Waals surface area contributed by atoms with Crippen molar-refractivity contribution in [3.05, 3.63) is 54.9 Å². The van der Waals surface area contributed by atoms with Crippen LogP contribution in [0.4, 0.5) is 0 Å². The van der Waals surface area contributed by atoms with Crippen molar-refractivity contribution < 1.29 is 4.79 Å². The van der Waals surface area contributed by atoms with Crippen LogP contribution in [0.5, 0.6) is 0 Å². The van der Waals surface area contributed by atoms with Crippen molar-refractivity contribution >= 4 is 16.6 Å². The molecule has 86 valence electrons. The summed E-state index contributed by atoms with van der Waals surface area (Å²) < 4.78 is 0. The zero-order valence-corrected chi connectivity index (χ0v) is 9.47. The Hall–Kier alpha value is -2.00. The third kappa shape index (κ3) is 2.24. The van der Waals surface area contributed by atoms with E-state index in [1.807, 2.05) is 18.2 Å². The van der Waals surface area contributed by atoms with Gasteiger partial charge in [-0.25, -0.2) is 0 Å². The van der Waals surface area contributed by atoms with Gasteiger partial charge in [-0.15, -0.1) is 6.58 Å². The van der Waals surface area contributed by atoms with E-state index in [1.54, 1.807) is 24.5 Å². The Morgan fingerprint density at radius 1 is 1.47 bits per heavy atom. The molecule has 1 heterocycles. The van der Waals surface area contributed by atoms with Crippen molar-refractivity contribution in [1.29, 1.82) is 0 Å². The number of nitrogens with two attached hydrogens (primary N) is 1. The number of hydrogen-bond donors (Lipinski definition) is 1. The minimum atomic E-state index is -0.522. The van der Waals surface area contributed by atoms with Gasteiger partial charge in [0.15, 0.2) is 5.78 Å². The summed E-state index contributed by atoms with van der Waals surface area (Å²) >= 11 is 0. The predicted octanol–water partition coefficient (Wildman–Crippen LogP) is 2.32. The molecule has 0 spiro atoms. The maximum absolute atomic E-state index is 12.2. The lowest BCUT2D eigenvalue weighted by Crippen LogP contribution is -2.29. The van der Waals surface area contributed by atoms with Crippen LogP contribution >= 0.6 is 0 Å². The van der Waals surface area contributed by atoms with Gasteiger partial charge in [0, 0.05) is 23.3 Å². The van der Waals surface area contributed by atoms with Gasteiger partial charge in [0.1, 0.15) is 0 Å². The molecule has 3 heteroatoms. The lowest BCUT2D eigenvalue weighted by molar-refractivity contribution is 0.0963. The third-order valence-electron chi connectivity index (χ3n) is 2.70. The standard InChI is InChI=1S/C14H14N2O/c1-2-4-13(15)14(17)12-6-3-5-10-9-16-8-7-11(10)12/h2-3,5-9,13H,1,4,15H2. The molecule has 0 fully saturated rings. The Labute approximate surface area is 100.0 Å². The number of hydrogen-bond acceptors (Lipinski definition) is 3. The Kier molecular flexibility index (Phi) is 3.30. The number of pyridine rings is 1. The zero-order chi connectivity index (χ0) is 12.3. The van der Waals surface area contributed by atoms with E-state index < -0.39 is 6.04 Å². The van der Waals surface area contributed by atoms with Crippen molar-refractivity contribution in [3.8, 4) is 0 Å². The largest absolute Gasteiger partial charge is 0.321 e. The molecule has 17 heavy (non-hydrogen) atoms. The number of Topliss-reactive ketones (excluding diaryl/α,β-unsaturated/α-hetero) is 1. The van der Waals surface area contributed by atoms with Gasteiger partial charge in [-0.1, -0.05) is 24.3 Å². The van der Waals surface area contributed by atoms with E-state index in [-0.39, 0.29) is 5.78 Å². The summed E-state index contributed by atoms with van der Waals surface area (Å²) in [7, 11) is 0. The molecule has 0 aliphatic rings. The van der Waals surface area contributed by atoms with Gasteiger partial charge in [0.05, 0.1) is 6.04 Å². The lowest BCUT2D eigenvalue weighted by atomic mass is 9.97. The summed E-state index contributed by atoms with van der Waals surface area (Å²) in [5.74, 6) is -0.0540. The zero-order valence-electron chi connectivity index (χ0n) is 9.47. The SMILES string of the molecule is C=CCC(N)C(=O)c1cccc2cnccc12. The van der Waals surface area contributed by atoms with Crippen LogP contribution in [-0.2, 0) is 0 Å². The lowest BCUT2D eigenvalue weighted by Gasteiger charge is -2.10. The predicted molar refractivity (Wildman–Crippen MR) is 68.9 cm³/mol. The van der Waals surface area contributed by atoms with Crippen LogP contribution in [0.1, 0.15) is 16.8 Å². The van der Waals surface area contributed by atoms with Gasteiger partial charge in [-0.3, -0.25) is 9.78 Å². The second kappa shape index (κ2) is 4.89. The van der Waals surface area contributed by atoms with Gasteiger partial charge in [-0.05, 0) is 17.9 Å². The Morgan fingerprint density at radius 2 is 2.29 bits per heavy atom. The molecule has 2 aromatic rings. The van der Waals surface area contributed by atoms with Crippen LogP contribution in [0, 0.1) is 0 Å². The van der Waals surface area contributed by atoms with Gasteiger partial charge >= 0.3 is 0 Å². The second-order valence-electron chi connectivity index (χ2n) is 3.90. The molecule has 1 unspecified atom stereocenters. The number of nitrogens with zero attached hydrogens (tertiary/aromatic N) is 1. The summed E-state index contributed by atoms with van der Waals surface area (Å²) in [6, 6.07) is 6.89. The Bertz CT molecular complexity index is 558. The molecule has 3 nitrogen and oxygen atoms in total. The first-order chi connectivity index (χ1) is 8.24. The third-order valence-corrected chi connectivity index (χ3v) is 2.70. The van der Waals surface area contributed by atoms with Crippen LogP contribution < -0.4 is 5.73 Å². The van der Waals surface area contributed by atoms with Crippen molar-refractivity contribution in [2.45, 2.75) is 12.5 Å². The summed E-state index contributed by atoms with van der Waals surface area (Å²) in [6.45, 7) is 3.60. The van der Waals surface area contributed by atoms with Crippen LogP contribution in [-0.4, -0.2) is 16.8 Å². The molecule has 0 saturated carbocycles. The van der Waals surface area contributed by atoms with Gasteiger partial charge in [0.25, 0.3) is 0 Å². The number of carbonyl (C=O) groups is 1. The molecular weight excluding hydrogens is 212 g/mol. The normalized spacial score (nSPS) is 12.3. The molecule has 2 N–H and O–H groups in total. The molecule has 0 bridgehead atoms. The first-order valence-corrected chi connectivity index (χ1v) is 5.47. The Morgan fingerprint density at radius 3 is 3.06 bits per heavy atom. The molecule has 0 aliphatic carbocycles. The van der Waals surface area contributed by atoms with E-state index in [0.717, 1.165) is 10.8 Å². The van der Waals surface area contributed by atoms with Crippen LogP contribution in [0.3, 0.4) is 0 Å². The average molecular weight is 226 g/mol. The van der Waals surface area contributed by atoms with E-state index in [0.29, 0.717) is 12.0 Å². The van der Waals surface area contributed by atoms with Crippen LogP contribution in [0.25, 0.3) is 10.8 Å². The van der Waals surface area contributed by atoms with Crippen molar-refractivity contribution in [3.63, 3.8) is 0 Å². The van der Waals surface area contributed by atoms with Crippen molar-refractivity contribution in [1.82, 2.24) is 4.98 Å². The first kappa shape index (κ1) is 11.5. The topological polar surface area (TPSA) is 56.0 Å². The Balaban J connectivity index is 2.48. The highest BCUT2D eigenvalue weighted by Gasteiger charge is 2.16. The fraction of sp³-hybridized carbons (Fsp3) is 0.143. The van der Waals surface area contributed by atoms with Crippen molar-refractivity contribution in [2.75, 3.05) is 0 Å². The number of fused-ring (bicyclic) bond motifs is 1. The van der Waals surface area contributed by atoms with Gasteiger partial charge in [0.2, 0.25) is 0 Å². The number of carbonyl (C=O) groups excluding carboxylic acids is 1. The molecule has 0 saturated heterocycles. The van der Waals surface area contributed by atoms with Crippen molar-refractivity contribution in [2.24, 2.45) is 5.73 Å². The second-order valence-corrected chi connectivity index (χ2v) is 3.90. The van der Waals surface area contributed by atoms with E-state index in [1.165, 1.54) is 0 Å². The first-order valence-electron chi connectivity index (χ1n) is 5.47. The molecular formula is C14H14N2O. The molecule has 0 amide bonds. The number of benzene rings is 1. The molecule has 2 rings (SSSR count). The van der Waals surface area contributed by atoms with E-state index >= 15 is 0 Å². The van der Waals surface area contributed by atoms with Crippen LogP contribution in [0.2, 0.25) is 0 Å². The summed E-state index contributed by atoms with van der Waals surface area (Å²) in [5, 5.41) is 1.84. The van der Waals surface area contributed by atoms with E-state index in [2.05, 4.69) is 11.6 Å². The highest BCUT2D eigenvalue weighted by molar-refractivity contribution is 6.10. The van der Waals surface area contributed by atoms with Gasteiger partial charge < -0.3 is 5.73 Å².